The molecule has 1 saturated carbocycles. The van der Waals surface area contributed by atoms with Gasteiger partial charge in [0.25, 0.3) is 15.6 Å². The van der Waals surface area contributed by atoms with E-state index in [0.29, 0.717) is 64.7 Å². The molecule has 3 aliphatic rings. The Hall–Kier alpha value is -5.61. The largest absolute Gasteiger partial charge is 0.444 e. The van der Waals surface area contributed by atoms with Crippen LogP contribution in [0.3, 0.4) is 0 Å². The predicted octanol–water partition coefficient (Wildman–Crippen LogP) is 7.21. The molecule has 2 saturated heterocycles. The highest BCUT2D eigenvalue weighted by molar-refractivity contribution is 7.90. The minimum absolute atomic E-state index is 0.00915. The lowest BCUT2D eigenvalue weighted by atomic mass is 9.87. The van der Waals surface area contributed by atoms with Crippen molar-refractivity contribution in [1.29, 1.82) is 0 Å². The fraction of sp³-hybridized carbons (Fsp3) is 0.440. The van der Waals surface area contributed by atoms with Crippen LogP contribution in [0.2, 0.25) is 0 Å². The van der Waals surface area contributed by atoms with E-state index in [4.69, 9.17) is 19.4 Å². The van der Waals surface area contributed by atoms with Gasteiger partial charge >= 0.3 is 6.09 Å². The van der Waals surface area contributed by atoms with E-state index in [1.54, 1.807) is 43.6 Å². The summed E-state index contributed by atoms with van der Waals surface area (Å²) in [7, 11) is -2.49. The summed E-state index contributed by atoms with van der Waals surface area (Å²) >= 11 is 0. The molecule has 5 heterocycles. The number of aromatic nitrogens is 4. The van der Waals surface area contributed by atoms with Gasteiger partial charge in [-0.25, -0.2) is 27.2 Å². The highest BCUT2D eigenvalue weighted by Crippen LogP contribution is 2.43. The molecule has 342 valence electrons. The molecule has 0 spiro atoms. The van der Waals surface area contributed by atoms with Gasteiger partial charge in [-0.2, -0.15) is 0 Å². The first-order valence-electron chi connectivity index (χ1n) is 22.7. The van der Waals surface area contributed by atoms with Crippen molar-refractivity contribution in [2.75, 3.05) is 37.7 Å². The van der Waals surface area contributed by atoms with Crippen molar-refractivity contribution in [1.82, 2.24) is 28.3 Å². The van der Waals surface area contributed by atoms with Crippen molar-refractivity contribution in [2.45, 2.75) is 108 Å². The van der Waals surface area contributed by atoms with Gasteiger partial charge in [0.05, 0.1) is 28.8 Å². The van der Waals surface area contributed by atoms with E-state index >= 15 is 0 Å². The van der Waals surface area contributed by atoms with Crippen LogP contribution in [0.25, 0.3) is 32.9 Å². The van der Waals surface area contributed by atoms with Crippen LogP contribution in [0, 0.1) is 6.92 Å². The quantitative estimate of drug-likeness (QED) is 0.149. The Labute approximate surface area is 380 Å². The predicted molar refractivity (Wildman–Crippen MR) is 252 cm³/mol. The number of pyridine rings is 1. The van der Waals surface area contributed by atoms with Gasteiger partial charge in [-0.1, -0.05) is 54.1 Å². The standard InChI is InChI=1S/C50H59N7O7S/c1-32-13-18-39(19-14-32)65(61,62)57-26-23-40-42(30-53(7)46(59)44(40)57)35-15-20-43-41(27-35)45(50(31-58,63-38-16-17-38)36-11-9-8-10-12-36)52-47(51-43)54-24-21-37(22-25-54)55-28-34(3)56(29-33(55)2)48(60)64-49(4,5)6/h8-15,18-20,23,26-27,30,33-34,37-38,58H,16-17,21-22,24-25,28-29,31H2,1-7H3/t33-,34+,50?/m0/s1. The molecule has 3 aromatic heterocycles. The Bertz CT molecular complexity index is 2920. The number of aliphatic hydroxyl groups is 1. The third-order valence-corrected chi connectivity index (χ3v) is 14.9. The molecular formula is C50H59N7O7S. The van der Waals surface area contributed by atoms with Crippen LogP contribution in [0.4, 0.5) is 10.7 Å². The molecule has 1 aliphatic carbocycles. The number of piperazine rings is 1. The second kappa shape index (κ2) is 17.0. The van der Waals surface area contributed by atoms with Gasteiger partial charge in [0.15, 0.2) is 5.60 Å². The molecule has 3 aromatic carbocycles. The molecule has 6 aromatic rings. The summed E-state index contributed by atoms with van der Waals surface area (Å²) < 4.78 is 43.2. The zero-order valence-corrected chi connectivity index (χ0v) is 39.1. The average Bonchev–Trinajstić information content (AvgIpc) is 3.99. The number of aryl methyl sites for hydroxylation is 2. The van der Waals surface area contributed by atoms with Gasteiger partial charge in [-0.05, 0) is 109 Å². The number of hydrogen-bond acceptors (Lipinski definition) is 11. The molecule has 9 rings (SSSR count). The zero-order valence-electron chi connectivity index (χ0n) is 38.3. The van der Waals surface area contributed by atoms with Gasteiger partial charge in [0.1, 0.15) is 11.1 Å². The Morgan fingerprint density at radius 2 is 1.58 bits per heavy atom. The Morgan fingerprint density at radius 1 is 0.877 bits per heavy atom. The first kappa shape index (κ1) is 44.6. The first-order chi connectivity index (χ1) is 31.0. The number of anilines is 1. The molecule has 0 radical (unpaired) electrons. The molecule has 15 heteroatoms. The van der Waals surface area contributed by atoms with Gasteiger partial charge in [0, 0.05) is 80.1 Å². The van der Waals surface area contributed by atoms with Crippen molar-refractivity contribution in [3.8, 4) is 11.1 Å². The minimum atomic E-state index is -4.11. The van der Waals surface area contributed by atoms with E-state index in [9.17, 15) is 23.1 Å². The summed E-state index contributed by atoms with van der Waals surface area (Å²) in [6.07, 6.45) is 6.32. The summed E-state index contributed by atoms with van der Waals surface area (Å²) in [5.41, 5.74) is 1.93. The fourth-order valence-corrected chi connectivity index (χ4v) is 10.9. The number of fused-ring (bicyclic) bond motifs is 2. The Kier molecular flexibility index (Phi) is 11.7. The number of rotatable bonds is 10. The number of carbonyl (C=O) groups is 1. The average molecular weight is 902 g/mol. The number of ether oxygens (including phenoxy) is 2. The van der Waals surface area contributed by atoms with Crippen LogP contribution in [0.5, 0.6) is 0 Å². The lowest BCUT2D eigenvalue weighted by Gasteiger charge is -2.49. The third-order valence-electron chi connectivity index (χ3n) is 13.2. The van der Waals surface area contributed by atoms with E-state index in [1.807, 2.05) is 81.1 Å². The number of nitrogens with zero attached hydrogens (tertiary/aromatic N) is 7. The summed E-state index contributed by atoms with van der Waals surface area (Å²) in [4.78, 5) is 44.2. The van der Waals surface area contributed by atoms with E-state index in [0.717, 1.165) is 47.3 Å². The molecule has 1 unspecified atom stereocenters. The SMILES string of the molecule is Cc1ccc(S(=O)(=O)n2ccc3c(-c4ccc5nc(N6CCC(N7C[C@@H](C)N(C(=O)OC(C)(C)C)C[C@@H]7C)CC6)nc(C(CO)(OC6CC6)c6ccccc6)c5c4)cn(C)c(=O)c32)cc1. The van der Waals surface area contributed by atoms with Crippen LogP contribution >= 0.6 is 0 Å². The topological polar surface area (TPSA) is 152 Å². The smallest absolute Gasteiger partial charge is 0.410 e. The summed E-state index contributed by atoms with van der Waals surface area (Å²) in [5, 5.41) is 12.7. The zero-order chi connectivity index (χ0) is 46.0. The van der Waals surface area contributed by atoms with E-state index in [2.05, 4.69) is 23.6 Å². The highest BCUT2D eigenvalue weighted by atomic mass is 32.2. The monoisotopic (exact) mass is 901 g/mol. The first-order valence-corrected chi connectivity index (χ1v) is 24.1. The summed E-state index contributed by atoms with van der Waals surface area (Å²) in [6.45, 7) is 14.2. The molecule has 14 nitrogen and oxygen atoms in total. The number of aliphatic hydroxyl groups excluding tert-OH is 1. The van der Waals surface area contributed by atoms with Crippen molar-refractivity contribution < 1.29 is 27.8 Å². The molecule has 3 atom stereocenters. The Balaban J connectivity index is 1.10. The number of benzene rings is 3. The van der Waals surface area contributed by atoms with Crippen LogP contribution in [0.1, 0.15) is 77.1 Å². The second-order valence-electron chi connectivity index (χ2n) is 19.2. The van der Waals surface area contributed by atoms with Crippen LogP contribution in [0.15, 0.2) is 101 Å². The van der Waals surface area contributed by atoms with Crippen LogP contribution in [-0.2, 0) is 32.1 Å². The van der Waals surface area contributed by atoms with Crippen LogP contribution < -0.4 is 10.5 Å². The van der Waals surface area contributed by atoms with Gasteiger partial charge < -0.3 is 28.9 Å². The molecule has 65 heavy (non-hydrogen) atoms. The molecule has 3 fully saturated rings. The summed E-state index contributed by atoms with van der Waals surface area (Å²) in [5.74, 6) is 0.547. The van der Waals surface area contributed by atoms with Crippen LogP contribution in [-0.4, -0.2) is 111 Å². The number of amides is 1. The number of piperidine rings is 1. The molecule has 1 N–H and O–H groups in total. The van der Waals surface area contributed by atoms with E-state index < -0.39 is 26.8 Å². The molecular weight excluding hydrogens is 843 g/mol. The lowest BCUT2D eigenvalue weighted by Crippen LogP contribution is -2.62. The van der Waals surface area contributed by atoms with Gasteiger partial charge in [-0.15, -0.1) is 0 Å². The summed E-state index contributed by atoms with van der Waals surface area (Å²) in [6, 6.07) is 24.3. The highest BCUT2D eigenvalue weighted by Gasteiger charge is 2.44. The van der Waals surface area contributed by atoms with Crippen molar-refractivity contribution in [3.63, 3.8) is 0 Å². The van der Waals surface area contributed by atoms with Crippen molar-refractivity contribution in [2.24, 2.45) is 7.05 Å². The second-order valence-corrected chi connectivity index (χ2v) is 21.0. The maximum Gasteiger partial charge on any atom is 0.410 e. The fourth-order valence-electron chi connectivity index (χ4n) is 9.59. The number of hydrogen-bond donors (Lipinski definition) is 1. The number of carbonyl (C=O) groups excluding carboxylic acids is 1. The van der Waals surface area contributed by atoms with Crippen molar-refractivity contribution in [3.05, 3.63) is 118 Å². The van der Waals surface area contributed by atoms with Gasteiger partial charge in [-0.3, -0.25) is 9.69 Å². The van der Waals surface area contributed by atoms with Crippen molar-refractivity contribution >= 4 is 43.9 Å². The maximum absolute atomic E-state index is 14.0. The molecule has 2 aliphatic heterocycles. The normalized spacial score (nSPS) is 20.1. The molecule has 1 amide bonds. The maximum atomic E-state index is 14.0. The van der Waals surface area contributed by atoms with E-state index in [1.165, 1.54) is 10.8 Å². The lowest BCUT2D eigenvalue weighted by molar-refractivity contribution is -0.0672. The third kappa shape index (κ3) is 8.43. The van der Waals surface area contributed by atoms with Gasteiger partial charge in [0.2, 0.25) is 5.95 Å². The van der Waals surface area contributed by atoms with E-state index in [-0.39, 0.29) is 41.3 Å². The Morgan fingerprint density at radius 3 is 2.25 bits per heavy atom. The molecule has 0 bridgehead atoms. The minimum Gasteiger partial charge on any atom is -0.444 e.